The van der Waals surface area contributed by atoms with Crippen molar-refractivity contribution in [3.8, 4) is 61.8 Å². The van der Waals surface area contributed by atoms with Crippen LogP contribution in [0.4, 0.5) is 0 Å². The number of aromatic nitrogens is 3. The molecule has 0 amide bonds. The van der Waals surface area contributed by atoms with Gasteiger partial charge in [0.15, 0.2) is 5.82 Å². The van der Waals surface area contributed by atoms with E-state index in [1.165, 1.54) is 70.7 Å². The Balaban J connectivity index is 1.08. The largest absolute Gasteiger partial charge is 0.309 e. The van der Waals surface area contributed by atoms with Crippen molar-refractivity contribution in [2.24, 2.45) is 0 Å². The molecule has 65 heavy (non-hydrogen) atoms. The van der Waals surface area contributed by atoms with Gasteiger partial charge in [-0.05, 0) is 89.6 Å². The molecule has 0 radical (unpaired) electrons. The lowest BCUT2D eigenvalue weighted by Gasteiger charge is -2.21. The average Bonchev–Trinajstić information content (AvgIpc) is 3.72. The lowest BCUT2D eigenvalue weighted by atomic mass is 9.82. The average molecular weight is 826 g/mol. The number of hydrogen-bond donors (Lipinski definition) is 0. The lowest BCUT2D eigenvalue weighted by Crippen LogP contribution is -2.01. The van der Waals surface area contributed by atoms with Crippen LogP contribution in [0.3, 0.4) is 0 Å². The summed E-state index contributed by atoms with van der Waals surface area (Å²) < 4.78 is 2.38. The monoisotopic (exact) mass is 825 g/mol. The van der Waals surface area contributed by atoms with Gasteiger partial charge in [-0.15, -0.1) is 0 Å². The number of benzene rings is 11. The maximum atomic E-state index is 5.41. The summed E-state index contributed by atoms with van der Waals surface area (Å²) in [5, 5.41) is 12.2. The van der Waals surface area contributed by atoms with Crippen molar-refractivity contribution in [3.63, 3.8) is 0 Å². The molecule has 0 saturated heterocycles. The molecule has 3 nitrogen and oxygen atoms in total. The topological polar surface area (TPSA) is 30.7 Å². The summed E-state index contributed by atoms with van der Waals surface area (Å²) >= 11 is 0. The van der Waals surface area contributed by atoms with Crippen molar-refractivity contribution in [1.29, 1.82) is 0 Å². The second-order valence-corrected chi connectivity index (χ2v) is 16.8. The Morgan fingerprint density at radius 3 is 1.48 bits per heavy atom. The fourth-order valence-electron chi connectivity index (χ4n) is 10.4. The van der Waals surface area contributed by atoms with Gasteiger partial charge in [-0.1, -0.05) is 212 Å². The van der Waals surface area contributed by atoms with Crippen molar-refractivity contribution in [3.05, 3.63) is 237 Å². The predicted molar refractivity (Wildman–Crippen MR) is 274 cm³/mol. The van der Waals surface area contributed by atoms with E-state index in [2.05, 4.69) is 235 Å². The first-order valence-corrected chi connectivity index (χ1v) is 22.2. The minimum absolute atomic E-state index is 0.684. The molecule has 0 aliphatic heterocycles. The normalized spacial score (nSPS) is 11.7. The first-order valence-electron chi connectivity index (χ1n) is 22.2. The SMILES string of the molecule is c1ccc(-c2nc(-c3ccccc3-n3c4ccccc4c4ccccc43)cc(-c3ccc(-c4c5ccccc5c(-c5ccccc5)c5ccc6ccccc6c45)c4ccccc34)n2)cc1. The molecule has 0 bridgehead atoms. The Kier molecular flexibility index (Phi) is 8.53. The molecule has 0 aliphatic carbocycles. The molecule has 2 aromatic heterocycles. The predicted octanol–water partition coefficient (Wildman–Crippen LogP) is 16.5. The Morgan fingerprint density at radius 2 is 0.785 bits per heavy atom. The molecule has 0 saturated carbocycles. The van der Waals surface area contributed by atoms with E-state index in [9.17, 15) is 0 Å². The summed E-state index contributed by atoms with van der Waals surface area (Å²) in [6.45, 7) is 0. The molecule has 11 aromatic carbocycles. The van der Waals surface area contributed by atoms with Gasteiger partial charge in [-0.25, -0.2) is 9.97 Å². The van der Waals surface area contributed by atoms with Crippen LogP contribution in [0.2, 0.25) is 0 Å². The van der Waals surface area contributed by atoms with Crippen molar-refractivity contribution in [2.45, 2.75) is 0 Å². The minimum atomic E-state index is 0.684. The smallest absolute Gasteiger partial charge is 0.160 e. The Labute approximate surface area is 376 Å². The summed E-state index contributed by atoms with van der Waals surface area (Å²) in [5.41, 5.74) is 13.1. The van der Waals surface area contributed by atoms with Crippen LogP contribution >= 0.6 is 0 Å². The molecule has 13 rings (SSSR count). The van der Waals surface area contributed by atoms with E-state index >= 15 is 0 Å². The van der Waals surface area contributed by atoms with Crippen LogP contribution in [0.25, 0.3) is 127 Å². The molecule has 0 spiro atoms. The van der Waals surface area contributed by atoms with Crippen LogP contribution in [0, 0.1) is 0 Å². The van der Waals surface area contributed by atoms with Gasteiger partial charge < -0.3 is 4.57 Å². The summed E-state index contributed by atoms with van der Waals surface area (Å²) in [4.78, 5) is 10.8. The van der Waals surface area contributed by atoms with Crippen molar-refractivity contribution < 1.29 is 0 Å². The molecule has 3 heteroatoms. The number of fused-ring (bicyclic) bond motifs is 8. The van der Waals surface area contributed by atoms with Gasteiger partial charge in [0.05, 0.1) is 28.1 Å². The van der Waals surface area contributed by atoms with Gasteiger partial charge >= 0.3 is 0 Å². The molecule has 0 unspecified atom stereocenters. The molecule has 13 aromatic rings. The fraction of sp³-hybridized carbons (Fsp3) is 0. The number of hydrogen-bond acceptors (Lipinski definition) is 2. The zero-order valence-corrected chi connectivity index (χ0v) is 35.4. The van der Waals surface area contributed by atoms with Gasteiger partial charge in [0.2, 0.25) is 0 Å². The van der Waals surface area contributed by atoms with E-state index in [0.29, 0.717) is 5.82 Å². The van der Waals surface area contributed by atoms with Crippen LogP contribution in [0.5, 0.6) is 0 Å². The molecule has 302 valence electrons. The highest BCUT2D eigenvalue weighted by atomic mass is 15.0. The second-order valence-electron chi connectivity index (χ2n) is 16.8. The van der Waals surface area contributed by atoms with Crippen molar-refractivity contribution in [2.75, 3.05) is 0 Å². The molecule has 0 N–H and O–H groups in total. The minimum Gasteiger partial charge on any atom is -0.309 e. The quantitative estimate of drug-likeness (QED) is 0.123. The van der Waals surface area contributed by atoms with E-state index in [-0.39, 0.29) is 0 Å². The van der Waals surface area contributed by atoms with Gasteiger partial charge in [-0.3, -0.25) is 0 Å². The third-order valence-electron chi connectivity index (χ3n) is 13.2. The summed E-state index contributed by atoms with van der Waals surface area (Å²) in [6, 6.07) is 85.2. The highest BCUT2D eigenvalue weighted by Gasteiger charge is 2.23. The Morgan fingerprint density at radius 1 is 0.292 bits per heavy atom. The zero-order chi connectivity index (χ0) is 42.8. The summed E-state index contributed by atoms with van der Waals surface area (Å²) in [7, 11) is 0. The van der Waals surface area contributed by atoms with E-state index in [1.807, 2.05) is 6.07 Å². The van der Waals surface area contributed by atoms with Crippen molar-refractivity contribution >= 4 is 64.9 Å². The summed E-state index contributed by atoms with van der Waals surface area (Å²) in [5.74, 6) is 0.684. The highest BCUT2D eigenvalue weighted by molar-refractivity contribution is 6.29. The third kappa shape index (κ3) is 5.90. The van der Waals surface area contributed by atoms with E-state index in [1.54, 1.807) is 0 Å². The molecule has 0 aliphatic rings. The van der Waals surface area contributed by atoms with Gasteiger partial charge in [0.25, 0.3) is 0 Å². The van der Waals surface area contributed by atoms with Crippen LogP contribution in [0.15, 0.2) is 237 Å². The van der Waals surface area contributed by atoms with E-state index in [4.69, 9.17) is 9.97 Å². The first kappa shape index (κ1) is 36.9. The first-order chi connectivity index (χ1) is 32.3. The number of nitrogens with zero attached hydrogens (tertiary/aromatic N) is 3. The van der Waals surface area contributed by atoms with Crippen LogP contribution < -0.4 is 0 Å². The fourth-order valence-corrected chi connectivity index (χ4v) is 10.4. The maximum absolute atomic E-state index is 5.41. The van der Waals surface area contributed by atoms with E-state index < -0.39 is 0 Å². The van der Waals surface area contributed by atoms with E-state index in [0.717, 1.165) is 50.2 Å². The van der Waals surface area contributed by atoms with Crippen LogP contribution in [-0.4, -0.2) is 14.5 Å². The van der Waals surface area contributed by atoms with Gasteiger partial charge in [-0.2, -0.15) is 0 Å². The highest BCUT2D eigenvalue weighted by Crippen LogP contribution is 2.49. The third-order valence-corrected chi connectivity index (χ3v) is 13.2. The molecule has 0 atom stereocenters. The van der Waals surface area contributed by atoms with Gasteiger partial charge in [0.1, 0.15) is 0 Å². The van der Waals surface area contributed by atoms with Crippen molar-refractivity contribution in [1.82, 2.24) is 14.5 Å². The van der Waals surface area contributed by atoms with Crippen LogP contribution in [-0.2, 0) is 0 Å². The second kappa shape index (κ2) is 15.0. The number of para-hydroxylation sites is 3. The maximum Gasteiger partial charge on any atom is 0.160 e. The molecular formula is C62H39N3. The Hall–Kier alpha value is -8.66. The molecular weight excluding hydrogens is 787 g/mol. The number of rotatable bonds is 6. The van der Waals surface area contributed by atoms with Crippen LogP contribution in [0.1, 0.15) is 0 Å². The molecule has 2 heterocycles. The standard InChI is InChI=1S/C62H39N3/c1-3-20-41(21-4-1)59-49-29-11-12-30-50(49)61(60-43-24-8-7-19-40(43)35-36-53(59)60)51-38-37-46(44-25-9-10-26-45(44)51)54-39-55(64-62(63-54)42-22-5-2-6-23-42)52-31-15-18-34-58(52)65-56-32-16-13-27-47(56)48-28-14-17-33-57(48)65/h1-39H. The Bertz CT molecular complexity index is 3940. The zero-order valence-electron chi connectivity index (χ0n) is 35.4. The summed E-state index contributed by atoms with van der Waals surface area (Å²) in [6.07, 6.45) is 0. The lowest BCUT2D eigenvalue weighted by molar-refractivity contribution is 1.15. The molecule has 0 fully saturated rings. The van der Waals surface area contributed by atoms with Gasteiger partial charge in [0, 0.05) is 27.5 Å².